The zero-order chi connectivity index (χ0) is 19.1. The Morgan fingerprint density at radius 2 is 2.00 bits per heavy atom. The Hall–Kier alpha value is -2.86. The number of aryl methyl sites for hydroxylation is 1. The van der Waals surface area contributed by atoms with Gasteiger partial charge in [-0.1, -0.05) is 18.2 Å². The Labute approximate surface area is 163 Å². The lowest BCUT2D eigenvalue weighted by Gasteiger charge is -2.11. The molecule has 0 aliphatic carbocycles. The van der Waals surface area contributed by atoms with Crippen molar-refractivity contribution in [1.29, 1.82) is 0 Å². The Kier molecular flexibility index (Phi) is 6.44. The van der Waals surface area contributed by atoms with E-state index in [2.05, 4.69) is 10.3 Å². The Bertz CT molecular complexity index is 894. The number of rotatable bonds is 8. The molecule has 3 aromatic rings. The van der Waals surface area contributed by atoms with Crippen LogP contribution in [0.3, 0.4) is 0 Å². The van der Waals surface area contributed by atoms with Gasteiger partial charge in [-0.2, -0.15) is 0 Å². The molecule has 0 aliphatic rings. The maximum absolute atomic E-state index is 12.3. The molecule has 0 atom stereocenters. The fourth-order valence-electron chi connectivity index (χ4n) is 2.81. The van der Waals surface area contributed by atoms with Crippen molar-refractivity contribution in [3.63, 3.8) is 0 Å². The average molecular weight is 382 g/mol. The minimum absolute atomic E-state index is 0.00569. The largest absolute Gasteiger partial charge is 0.497 e. The molecular weight excluding hydrogens is 360 g/mol. The number of nitrogens with zero attached hydrogens (tertiary/aromatic N) is 1. The molecule has 140 valence electrons. The van der Waals surface area contributed by atoms with E-state index in [9.17, 15) is 4.79 Å². The number of benzene rings is 1. The van der Waals surface area contributed by atoms with Crippen LogP contribution in [0, 0.1) is 0 Å². The SMILES string of the molecule is COc1ccc(CCC(=O)NCc2cccnc2-c2cccs2)c(OC)c1. The zero-order valence-electron chi connectivity index (χ0n) is 15.4. The number of thiophene rings is 1. The number of hydrogen-bond acceptors (Lipinski definition) is 5. The summed E-state index contributed by atoms with van der Waals surface area (Å²) in [6.45, 7) is 0.458. The van der Waals surface area contributed by atoms with Gasteiger partial charge in [0, 0.05) is 25.2 Å². The number of carbonyl (C=O) groups excluding carboxylic acids is 1. The third-order valence-corrected chi connectivity index (χ3v) is 5.11. The second kappa shape index (κ2) is 9.19. The fourth-order valence-corrected chi connectivity index (χ4v) is 3.56. The summed E-state index contributed by atoms with van der Waals surface area (Å²) < 4.78 is 10.6. The lowest BCUT2D eigenvalue weighted by Crippen LogP contribution is -2.23. The van der Waals surface area contributed by atoms with Crippen LogP contribution in [0.1, 0.15) is 17.5 Å². The summed E-state index contributed by atoms with van der Waals surface area (Å²) in [5.74, 6) is 1.46. The van der Waals surface area contributed by atoms with Crippen molar-refractivity contribution < 1.29 is 14.3 Å². The van der Waals surface area contributed by atoms with E-state index >= 15 is 0 Å². The van der Waals surface area contributed by atoms with Crippen molar-refractivity contribution in [2.45, 2.75) is 19.4 Å². The molecule has 5 nitrogen and oxygen atoms in total. The highest BCUT2D eigenvalue weighted by Gasteiger charge is 2.11. The highest BCUT2D eigenvalue weighted by atomic mass is 32.1. The third-order valence-electron chi connectivity index (χ3n) is 4.24. The summed E-state index contributed by atoms with van der Waals surface area (Å²) in [7, 11) is 3.23. The molecule has 0 saturated carbocycles. The van der Waals surface area contributed by atoms with Crippen LogP contribution in [0.25, 0.3) is 10.6 Å². The zero-order valence-corrected chi connectivity index (χ0v) is 16.2. The van der Waals surface area contributed by atoms with E-state index in [0.29, 0.717) is 19.4 Å². The van der Waals surface area contributed by atoms with E-state index < -0.39 is 0 Å². The van der Waals surface area contributed by atoms with Crippen LogP contribution < -0.4 is 14.8 Å². The van der Waals surface area contributed by atoms with Crippen LogP contribution >= 0.6 is 11.3 Å². The van der Waals surface area contributed by atoms with E-state index in [1.807, 2.05) is 47.8 Å². The van der Waals surface area contributed by atoms with Crippen LogP contribution in [-0.4, -0.2) is 25.1 Å². The van der Waals surface area contributed by atoms with Gasteiger partial charge in [0.05, 0.1) is 24.8 Å². The van der Waals surface area contributed by atoms with E-state index in [0.717, 1.165) is 33.2 Å². The maximum Gasteiger partial charge on any atom is 0.220 e. The molecule has 0 aliphatic heterocycles. The van der Waals surface area contributed by atoms with E-state index in [4.69, 9.17) is 9.47 Å². The molecule has 3 rings (SSSR count). The van der Waals surface area contributed by atoms with E-state index in [1.165, 1.54) is 0 Å². The first-order valence-corrected chi connectivity index (χ1v) is 9.54. The normalized spacial score (nSPS) is 10.4. The Morgan fingerprint density at radius 3 is 2.74 bits per heavy atom. The van der Waals surface area contributed by atoms with Crippen molar-refractivity contribution in [1.82, 2.24) is 10.3 Å². The van der Waals surface area contributed by atoms with Gasteiger partial charge in [0.25, 0.3) is 0 Å². The summed E-state index contributed by atoms with van der Waals surface area (Å²) in [6.07, 6.45) is 2.76. The molecular formula is C21H22N2O3S. The number of carbonyl (C=O) groups is 1. The lowest BCUT2D eigenvalue weighted by molar-refractivity contribution is -0.121. The van der Waals surface area contributed by atoms with Crippen molar-refractivity contribution in [3.05, 3.63) is 65.2 Å². The van der Waals surface area contributed by atoms with Crippen LogP contribution in [0.4, 0.5) is 0 Å². The van der Waals surface area contributed by atoms with Crippen LogP contribution in [0.2, 0.25) is 0 Å². The first-order valence-electron chi connectivity index (χ1n) is 8.66. The minimum Gasteiger partial charge on any atom is -0.497 e. The number of methoxy groups -OCH3 is 2. The van der Waals surface area contributed by atoms with E-state index in [1.54, 1.807) is 31.8 Å². The molecule has 27 heavy (non-hydrogen) atoms. The van der Waals surface area contributed by atoms with Gasteiger partial charge in [-0.15, -0.1) is 11.3 Å². The molecule has 0 spiro atoms. The van der Waals surface area contributed by atoms with Gasteiger partial charge in [-0.05, 0) is 41.1 Å². The second-order valence-corrected chi connectivity index (χ2v) is 6.89. The van der Waals surface area contributed by atoms with Gasteiger partial charge in [-0.25, -0.2) is 0 Å². The quantitative estimate of drug-likeness (QED) is 0.638. The Balaban J connectivity index is 1.58. The molecule has 1 aromatic carbocycles. The molecule has 2 aromatic heterocycles. The molecule has 6 heteroatoms. The molecule has 1 amide bonds. The summed E-state index contributed by atoms with van der Waals surface area (Å²) in [4.78, 5) is 17.9. The highest BCUT2D eigenvalue weighted by Crippen LogP contribution is 2.26. The first-order chi connectivity index (χ1) is 13.2. The second-order valence-electron chi connectivity index (χ2n) is 5.94. The van der Waals surface area contributed by atoms with Gasteiger partial charge in [0.1, 0.15) is 11.5 Å². The van der Waals surface area contributed by atoms with Gasteiger partial charge in [0.15, 0.2) is 0 Å². The topological polar surface area (TPSA) is 60.5 Å². The maximum atomic E-state index is 12.3. The number of ether oxygens (including phenoxy) is 2. The molecule has 0 radical (unpaired) electrons. The number of amides is 1. The summed E-state index contributed by atoms with van der Waals surface area (Å²) in [5, 5.41) is 5.01. The third kappa shape index (κ3) is 4.86. The number of nitrogens with one attached hydrogen (secondary N) is 1. The molecule has 0 saturated heterocycles. The number of hydrogen-bond donors (Lipinski definition) is 1. The van der Waals surface area contributed by atoms with Gasteiger partial charge in [0.2, 0.25) is 5.91 Å². The first kappa shape index (κ1) is 18.9. The van der Waals surface area contributed by atoms with Gasteiger partial charge in [-0.3, -0.25) is 9.78 Å². The van der Waals surface area contributed by atoms with Crippen molar-refractivity contribution in [2.75, 3.05) is 14.2 Å². The lowest BCUT2D eigenvalue weighted by atomic mass is 10.1. The predicted molar refractivity (Wildman–Crippen MR) is 107 cm³/mol. The van der Waals surface area contributed by atoms with Crippen LogP contribution in [-0.2, 0) is 17.8 Å². The van der Waals surface area contributed by atoms with Crippen molar-refractivity contribution in [3.8, 4) is 22.1 Å². The molecule has 0 fully saturated rings. The average Bonchev–Trinajstić information content (AvgIpc) is 3.25. The summed E-state index contributed by atoms with van der Waals surface area (Å²) in [5.41, 5.74) is 2.91. The highest BCUT2D eigenvalue weighted by molar-refractivity contribution is 7.13. The van der Waals surface area contributed by atoms with E-state index in [-0.39, 0.29) is 5.91 Å². The molecule has 2 heterocycles. The van der Waals surface area contributed by atoms with Crippen LogP contribution in [0.5, 0.6) is 11.5 Å². The van der Waals surface area contributed by atoms with Crippen molar-refractivity contribution >= 4 is 17.2 Å². The molecule has 1 N–H and O–H groups in total. The summed E-state index contributed by atoms with van der Waals surface area (Å²) >= 11 is 1.64. The standard InChI is InChI=1S/C21H22N2O3S/c1-25-17-9-7-15(18(13-17)26-2)8-10-20(24)23-14-16-5-3-11-22-21(16)19-6-4-12-27-19/h3-7,9,11-13H,8,10,14H2,1-2H3,(H,23,24). The number of pyridine rings is 1. The van der Waals surface area contributed by atoms with Gasteiger partial charge < -0.3 is 14.8 Å². The molecule has 0 unspecified atom stereocenters. The number of aromatic nitrogens is 1. The van der Waals surface area contributed by atoms with Crippen LogP contribution in [0.15, 0.2) is 54.0 Å². The van der Waals surface area contributed by atoms with Gasteiger partial charge >= 0.3 is 0 Å². The minimum atomic E-state index is -0.00569. The predicted octanol–water partition coefficient (Wildman–Crippen LogP) is 4.08. The summed E-state index contributed by atoms with van der Waals surface area (Å²) in [6, 6.07) is 13.6. The monoisotopic (exact) mass is 382 g/mol. The molecule has 0 bridgehead atoms. The fraction of sp³-hybridized carbons (Fsp3) is 0.238. The smallest absolute Gasteiger partial charge is 0.220 e. The van der Waals surface area contributed by atoms with Crippen molar-refractivity contribution in [2.24, 2.45) is 0 Å². The Morgan fingerprint density at radius 1 is 1.11 bits per heavy atom.